The van der Waals surface area contributed by atoms with Gasteiger partial charge < -0.3 is 21.3 Å². The molecule has 1 aliphatic carbocycles. The molecule has 1 fully saturated rings. The normalized spacial score (nSPS) is 21.6. The largest absolute Gasteiger partial charge is 0.341 e. The van der Waals surface area contributed by atoms with Crippen molar-refractivity contribution in [3.63, 3.8) is 0 Å². The Morgan fingerprint density at radius 1 is 0.857 bits per heavy atom. The zero-order valence-electron chi connectivity index (χ0n) is 22.3. The van der Waals surface area contributed by atoms with Crippen LogP contribution in [0.1, 0.15) is 71.9 Å². The smallest absolute Gasteiger partial charge is 0.319 e. The molecule has 190 valence electrons. The van der Waals surface area contributed by atoms with Crippen LogP contribution >= 0.6 is 0 Å². The van der Waals surface area contributed by atoms with Gasteiger partial charge in [0.1, 0.15) is 0 Å². The van der Waals surface area contributed by atoms with Crippen molar-refractivity contribution in [1.29, 1.82) is 0 Å². The minimum absolute atomic E-state index is 0.123. The Bertz CT molecular complexity index is 1030. The summed E-state index contributed by atoms with van der Waals surface area (Å²) in [7, 11) is 1.59. The molecule has 0 aliphatic heterocycles. The van der Waals surface area contributed by atoms with Gasteiger partial charge in [-0.05, 0) is 71.4 Å². The highest BCUT2D eigenvalue weighted by Crippen LogP contribution is 2.48. The van der Waals surface area contributed by atoms with Gasteiger partial charge in [0.2, 0.25) is 0 Å². The predicted molar refractivity (Wildman–Crippen MR) is 145 cm³/mol. The minimum Gasteiger partial charge on any atom is -0.341 e. The highest BCUT2D eigenvalue weighted by atomic mass is 16.2. The summed E-state index contributed by atoms with van der Waals surface area (Å²) in [4.78, 5) is 24.1. The highest BCUT2D eigenvalue weighted by Gasteiger charge is 2.39. The third-order valence-corrected chi connectivity index (χ3v) is 7.28. The van der Waals surface area contributed by atoms with E-state index in [2.05, 4.69) is 74.9 Å². The second kappa shape index (κ2) is 10.3. The van der Waals surface area contributed by atoms with Gasteiger partial charge >= 0.3 is 12.1 Å². The summed E-state index contributed by atoms with van der Waals surface area (Å²) >= 11 is 0. The molecule has 0 spiro atoms. The fourth-order valence-corrected chi connectivity index (χ4v) is 6.06. The molecule has 1 saturated carbocycles. The number of anilines is 2. The van der Waals surface area contributed by atoms with Crippen LogP contribution in [0.2, 0.25) is 0 Å². The van der Waals surface area contributed by atoms with Crippen molar-refractivity contribution in [2.75, 3.05) is 24.2 Å². The van der Waals surface area contributed by atoms with Gasteiger partial charge in [-0.2, -0.15) is 0 Å². The van der Waals surface area contributed by atoms with Gasteiger partial charge in [-0.25, -0.2) is 9.59 Å². The average molecular weight is 479 g/mol. The maximum Gasteiger partial charge on any atom is 0.319 e. The fraction of sp³-hybridized carbons (Fsp3) is 0.517. The van der Waals surface area contributed by atoms with Crippen molar-refractivity contribution in [2.45, 2.75) is 66.2 Å². The summed E-state index contributed by atoms with van der Waals surface area (Å²) in [5.41, 5.74) is 4.00. The molecule has 4 N–H and O–H groups in total. The van der Waals surface area contributed by atoms with Crippen LogP contribution < -0.4 is 21.3 Å². The van der Waals surface area contributed by atoms with E-state index in [1.54, 1.807) is 7.05 Å². The van der Waals surface area contributed by atoms with E-state index >= 15 is 0 Å². The number of hydrogen-bond donors (Lipinski definition) is 4. The number of carbonyl (C=O) groups excluding carboxylic acids is 2. The number of benzene rings is 2. The molecule has 2 aromatic carbocycles. The number of nitrogens with one attached hydrogen (secondary N) is 4. The Labute approximate surface area is 210 Å². The zero-order valence-corrected chi connectivity index (χ0v) is 22.3. The van der Waals surface area contributed by atoms with Crippen molar-refractivity contribution in [3.8, 4) is 0 Å². The molecule has 6 heteroatoms. The number of amides is 4. The van der Waals surface area contributed by atoms with E-state index in [0.717, 1.165) is 35.3 Å². The lowest BCUT2D eigenvalue weighted by atomic mass is 9.61. The SMILES string of the molecule is CNC(=O)Nc1ccc(C(C)(C)c2ccc(NC(=O)NCC3(C)CC(C)CC(C)(C)C3)cc2)cc1. The Kier molecular flexibility index (Phi) is 7.83. The maximum atomic E-state index is 12.6. The monoisotopic (exact) mass is 478 g/mol. The van der Waals surface area contributed by atoms with Crippen LogP contribution in [-0.2, 0) is 5.41 Å². The first-order chi connectivity index (χ1) is 16.3. The topological polar surface area (TPSA) is 82.3 Å². The van der Waals surface area contributed by atoms with E-state index in [0.29, 0.717) is 17.9 Å². The number of hydrogen-bond acceptors (Lipinski definition) is 2. The number of carbonyl (C=O) groups is 2. The van der Waals surface area contributed by atoms with Gasteiger partial charge in [0.15, 0.2) is 0 Å². The average Bonchev–Trinajstić information content (AvgIpc) is 2.77. The van der Waals surface area contributed by atoms with Gasteiger partial charge in [-0.3, -0.25) is 0 Å². The van der Waals surface area contributed by atoms with E-state index in [9.17, 15) is 9.59 Å². The van der Waals surface area contributed by atoms with Crippen LogP contribution in [0, 0.1) is 16.7 Å². The lowest BCUT2D eigenvalue weighted by Crippen LogP contribution is -2.44. The highest BCUT2D eigenvalue weighted by molar-refractivity contribution is 5.89. The summed E-state index contributed by atoms with van der Waals surface area (Å²) in [5.74, 6) is 0.674. The molecule has 0 heterocycles. The van der Waals surface area contributed by atoms with Crippen LogP contribution in [0.5, 0.6) is 0 Å². The van der Waals surface area contributed by atoms with Crippen molar-refractivity contribution in [1.82, 2.24) is 10.6 Å². The van der Waals surface area contributed by atoms with Crippen LogP contribution in [-0.4, -0.2) is 25.7 Å². The summed E-state index contributed by atoms with van der Waals surface area (Å²) in [6.07, 6.45) is 3.51. The zero-order chi connectivity index (χ0) is 25.9. The lowest BCUT2D eigenvalue weighted by Gasteiger charge is -2.46. The van der Waals surface area contributed by atoms with Crippen LogP contribution in [0.25, 0.3) is 0 Å². The molecule has 4 amide bonds. The third-order valence-electron chi connectivity index (χ3n) is 7.28. The first-order valence-electron chi connectivity index (χ1n) is 12.6. The molecular weight excluding hydrogens is 436 g/mol. The molecule has 2 atom stereocenters. The molecule has 2 unspecified atom stereocenters. The standard InChI is InChI=1S/C29H42N4O2/c1-20-16-27(2,3)18-29(6,17-20)19-31-26(35)33-24-14-10-22(11-15-24)28(4,5)21-8-12-23(13-9-21)32-25(34)30-7/h8-15,20H,16-19H2,1-7H3,(H2,30,32,34)(H2,31,33,35). The molecule has 3 rings (SSSR count). The summed E-state index contributed by atoms with van der Waals surface area (Å²) < 4.78 is 0. The van der Waals surface area contributed by atoms with Crippen LogP contribution in [0.4, 0.5) is 21.0 Å². The third kappa shape index (κ3) is 7.00. The maximum absolute atomic E-state index is 12.6. The summed E-state index contributed by atoms with van der Waals surface area (Å²) in [6, 6.07) is 15.5. The van der Waals surface area contributed by atoms with Crippen molar-refractivity contribution in [3.05, 3.63) is 59.7 Å². The Hall–Kier alpha value is -3.02. The molecule has 0 aromatic heterocycles. The van der Waals surface area contributed by atoms with E-state index in [-0.39, 0.29) is 22.9 Å². The van der Waals surface area contributed by atoms with E-state index in [1.165, 1.54) is 6.42 Å². The molecule has 2 aromatic rings. The second-order valence-corrected chi connectivity index (χ2v) is 12.0. The molecule has 35 heavy (non-hydrogen) atoms. The Balaban J connectivity index is 1.59. The van der Waals surface area contributed by atoms with Gasteiger partial charge in [0, 0.05) is 30.4 Å². The molecule has 0 bridgehead atoms. The Morgan fingerprint density at radius 2 is 1.34 bits per heavy atom. The van der Waals surface area contributed by atoms with Gasteiger partial charge in [0.05, 0.1) is 0 Å². The van der Waals surface area contributed by atoms with Gasteiger partial charge in [0.25, 0.3) is 0 Å². The minimum atomic E-state index is -0.240. The van der Waals surface area contributed by atoms with Crippen molar-refractivity contribution < 1.29 is 9.59 Å². The van der Waals surface area contributed by atoms with E-state index < -0.39 is 0 Å². The van der Waals surface area contributed by atoms with Crippen LogP contribution in [0.3, 0.4) is 0 Å². The molecular formula is C29H42N4O2. The predicted octanol–water partition coefficient (Wildman–Crippen LogP) is 6.74. The molecule has 0 radical (unpaired) electrons. The number of rotatable bonds is 6. The molecule has 6 nitrogen and oxygen atoms in total. The summed E-state index contributed by atoms with van der Waals surface area (Å²) in [5, 5.41) is 11.4. The van der Waals surface area contributed by atoms with Gasteiger partial charge in [-0.1, -0.05) is 65.8 Å². The molecule has 0 saturated heterocycles. The van der Waals surface area contributed by atoms with Gasteiger partial charge in [-0.15, -0.1) is 0 Å². The Morgan fingerprint density at radius 3 is 1.80 bits per heavy atom. The van der Waals surface area contributed by atoms with Crippen LogP contribution in [0.15, 0.2) is 48.5 Å². The van der Waals surface area contributed by atoms with E-state index in [1.807, 2.05) is 36.4 Å². The first kappa shape index (κ1) is 26.6. The molecule has 1 aliphatic rings. The van der Waals surface area contributed by atoms with E-state index in [4.69, 9.17) is 0 Å². The number of urea groups is 2. The quantitative estimate of drug-likeness (QED) is 0.371. The fourth-order valence-electron chi connectivity index (χ4n) is 6.06. The second-order valence-electron chi connectivity index (χ2n) is 12.0. The first-order valence-corrected chi connectivity index (χ1v) is 12.6. The van der Waals surface area contributed by atoms with Crippen molar-refractivity contribution >= 4 is 23.4 Å². The lowest BCUT2D eigenvalue weighted by molar-refractivity contribution is 0.0629. The summed E-state index contributed by atoms with van der Waals surface area (Å²) in [6.45, 7) is 14.3. The van der Waals surface area contributed by atoms with Crippen molar-refractivity contribution in [2.24, 2.45) is 16.7 Å².